The Morgan fingerprint density at radius 2 is 2.12 bits per heavy atom. The van der Waals surface area contributed by atoms with Gasteiger partial charge in [0.05, 0.1) is 22.7 Å². The zero-order valence-corrected chi connectivity index (χ0v) is 13.6. The van der Waals surface area contributed by atoms with Crippen molar-refractivity contribution in [2.75, 3.05) is 13.2 Å². The number of ether oxygens (including phenoxy) is 2. The van der Waals surface area contributed by atoms with Crippen LogP contribution in [0.15, 0.2) is 36.4 Å². The highest BCUT2D eigenvalue weighted by Gasteiger charge is 2.11. The maximum Gasteiger partial charge on any atom is 0.344 e. The molecule has 0 aliphatic carbocycles. The van der Waals surface area contributed by atoms with E-state index in [1.165, 1.54) is 12.1 Å². The second-order valence-electron chi connectivity index (χ2n) is 4.99. The molecule has 124 valence electrons. The topological polar surface area (TPSA) is 64.2 Å². The van der Waals surface area contributed by atoms with Crippen molar-refractivity contribution in [2.45, 2.75) is 6.92 Å². The molecule has 0 aliphatic heterocycles. The van der Waals surface area contributed by atoms with Crippen LogP contribution in [0, 0.1) is 5.82 Å². The number of aromatic amines is 1. The van der Waals surface area contributed by atoms with Gasteiger partial charge in [0.15, 0.2) is 6.61 Å². The maximum atomic E-state index is 13.2. The Balaban J connectivity index is 1.81. The first-order chi connectivity index (χ1) is 11.6. The fourth-order valence-electron chi connectivity index (χ4n) is 2.22. The molecule has 0 amide bonds. The van der Waals surface area contributed by atoms with E-state index in [0.717, 1.165) is 5.56 Å². The normalized spacial score (nSPS) is 10.8. The first-order valence-corrected chi connectivity index (χ1v) is 7.68. The number of esters is 1. The lowest BCUT2D eigenvalue weighted by Crippen LogP contribution is -2.14. The number of fused-ring (bicyclic) bond motifs is 1. The SMILES string of the molecule is CCOC(=O)COc1ccc(-c2nc3ccc(F)cc3[nH]2)cc1Cl. The molecule has 0 unspecified atom stereocenters. The summed E-state index contributed by atoms with van der Waals surface area (Å²) in [6.07, 6.45) is 0. The highest BCUT2D eigenvalue weighted by atomic mass is 35.5. The number of hydrogen-bond acceptors (Lipinski definition) is 4. The van der Waals surface area contributed by atoms with Crippen molar-refractivity contribution >= 4 is 28.6 Å². The number of benzene rings is 2. The van der Waals surface area contributed by atoms with E-state index in [1.807, 2.05) is 0 Å². The van der Waals surface area contributed by atoms with Crippen molar-refractivity contribution in [3.63, 3.8) is 0 Å². The third-order valence-corrected chi connectivity index (χ3v) is 3.60. The lowest BCUT2D eigenvalue weighted by Gasteiger charge is -2.08. The fourth-order valence-corrected chi connectivity index (χ4v) is 2.46. The summed E-state index contributed by atoms with van der Waals surface area (Å²) in [5.41, 5.74) is 1.98. The molecule has 24 heavy (non-hydrogen) atoms. The highest BCUT2D eigenvalue weighted by molar-refractivity contribution is 6.32. The van der Waals surface area contributed by atoms with Crippen LogP contribution in [0.25, 0.3) is 22.4 Å². The Kier molecular flexibility index (Phi) is 4.66. The quantitative estimate of drug-likeness (QED) is 0.709. The molecule has 0 saturated heterocycles. The number of H-pyrrole nitrogens is 1. The molecule has 1 N–H and O–H groups in total. The summed E-state index contributed by atoms with van der Waals surface area (Å²) in [6, 6.07) is 9.39. The summed E-state index contributed by atoms with van der Waals surface area (Å²) in [7, 11) is 0. The average molecular weight is 349 g/mol. The average Bonchev–Trinajstić information content (AvgIpc) is 2.97. The Morgan fingerprint density at radius 3 is 2.88 bits per heavy atom. The molecule has 3 rings (SSSR count). The van der Waals surface area contributed by atoms with Crippen LogP contribution in [0.5, 0.6) is 5.75 Å². The standard InChI is InChI=1S/C17H14ClFN2O3/c1-2-23-16(22)9-24-15-6-3-10(7-12(15)18)17-20-13-5-4-11(19)8-14(13)21-17/h3-8H,2,9H2,1H3,(H,20,21). The summed E-state index contributed by atoms with van der Waals surface area (Å²) in [5.74, 6) is 0.139. The molecule has 2 aromatic carbocycles. The highest BCUT2D eigenvalue weighted by Crippen LogP contribution is 2.30. The lowest BCUT2D eigenvalue weighted by atomic mass is 10.2. The van der Waals surface area contributed by atoms with Gasteiger partial charge in [0.2, 0.25) is 0 Å². The van der Waals surface area contributed by atoms with E-state index in [0.29, 0.717) is 34.2 Å². The first kappa shape index (κ1) is 16.3. The second kappa shape index (κ2) is 6.88. The molecule has 7 heteroatoms. The van der Waals surface area contributed by atoms with Crippen LogP contribution in [0.1, 0.15) is 6.92 Å². The molecule has 3 aromatic rings. The molecule has 0 spiro atoms. The van der Waals surface area contributed by atoms with Crippen molar-refractivity contribution in [3.8, 4) is 17.1 Å². The van der Waals surface area contributed by atoms with Crippen LogP contribution in [-0.4, -0.2) is 29.2 Å². The van der Waals surface area contributed by atoms with E-state index < -0.39 is 5.97 Å². The summed E-state index contributed by atoms with van der Waals surface area (Å²) >= 11 is 6.18. The third-order valence-electron chi connectivity index (χ3n) is 3.30. The molecule has 0 bridgehead atoms. The minimum atomic E-state index is -0.461. The Morgan fingerprint density at radius 1 is 1.29 bits per heavy atom. The van der Waals surface area contributed by atoms with Gasteiger partial charge in [-0.15, -0.1) is 0 Å². The van der Waals surface area contributed by atoms with E-state index in [4.69, 9.17) is 21.1 Å². The van der Waals surface area contributed by atoms with E-state index in [2.05, 4.69) is 9.97 Å². The van der Waals surface area contributed by atoms with Crippen LogP contribution in [0.4, 0.5) is 4.39 Å². The number of nitrogens with zero attached hydrogens (tertiary/aromatic N) is 1. The smallest absolute Gasteiger partial charge is 0.344 e. The van der Waals surface area contributed by atoms with Crippen LogP contribution in [-0.2, 0) is 9.53 Å². The molecule has 0 atom stereocenters. The summed E-state index contributed by atoms with van der Waals surface area (Å²) < 4.78 is 23.4. The van der Waals surface area contributed by atoms with Gasteiger partial charge < -0.3 is 14.5 Å². The van der Waals surface area contributed by atoms with Crippen molar-refractivity contribution < 1.29 is 18.7 Å². The molecule has 5 nitrogen and oxygen atoms in total. The van der Waals surface area contributed by atoms with E-state index >= 15 is 0 Å². The van der Waals surface area contributed by atoms with Gasteiger partial charge in [0, 0.05) is 5.56 Å². The number of nitrogens with one attached hydrogen (secondary N) is 1. The van der Waals surface area contributed by atoms with Gasteiger partial charge in [0.25, 0.3) is 0 Å². The minimum absolute atomic E-state index is 0.211. The second-order valence-corrected chi connectivity index (χ2v) is 5.39. The van der Waals surface area contributed by atoms with Gasteiger partial charge in [-0.2, -0.15) is 0 Å². The first-order valence-electron chi connectivity index (χ1n) is 7.30. The molecular weight excluding hydrogens is 335 g/mol. The van der Waals surface area contributed by atoms with Gasteiger partial charge in [-0.25, -0.2) is 14.2 Å². The van der Waals surface area contributed by atoms with Crippen LogP contribution >= 0.6 is 11.6 Å². The van der Waals surface area contributed by atoms with Gasteiger partial charge in [0.1, 0.15) is 17.4 Å². The maximum absolute atomic E-state index is 13.2. The molecule has 1 aromatic heterocycles. The largest absolute Gasteiger partial charge is 0.480 e. The summed E-state index contributed by atoms with van der Waals surface area (Å²) in [5, 5.41) is 0.337. The van der Waals surface area contributed by atoms with E-state index in [-0.39, 0.29) is 12.4 Å². The Hall–Kier alpha value is -2.60. The lowest BCUT2D eigenvalue weighted by molar-refractivity contribution is -0.145. The van der Waals surface area contributed by atoms with Gasteiger partial charge in [-0.05, 0) is 43.3 Å². The number of carbonyl (C=O) groups is 1. The van der Waals surface area contributed by atoms with Crippen LogP contribution in [0.2, 0.25) is 5.02 Å². The predicted molar refractivity (Wildman–Crippen MR) is 88.6 cm³/mol. The third kappa shape index (κ3) is 3.49. The zero-order chi connectivity index (χ0) is 17.1. The Labute approximate surface area is 142 Å². The number of halogens is 2. The van der Waals surface area contributed by atoms with Crippen molar-refractivity contribution in [1.29, 1.82) is 0 Å². The van der Waals surface area contributed by atoms with E-state index in [1.54, 1.807) is 31.2 Å². The molecular formula is C17H14ClFN2O3. The molecule has 0 aliphatic rings. The molecule has 0 fully saturated rings. The summed E-state index contributed by atoms with van der Waals surface area (Å²) in [4.78, 5) is 18.7. The molecule has 0 saturated carbocycles. The van der Waals surface area contributed by atoms with Crippen molar-refractivity contribution in [1.82, 2.24) is 9.97 Å². The number of carbonyl (C=O) groups excluding carboxylic acids is 1. The minimum Gasteiger partial charge on any atom is -0.480 e. The predicted octanol–water partition coefficient (Wildman–Crippen LogP) is 3.96. The van der Waals surface area contributed by atoms with Gasteiger partial charge >= 0.3 is 5.97 Å². The van der Waals surface area contributed by atoms with Gasteiger partial charge in [-0.1, -0.05) is 11.6 Å². The summed E-state index contributed by atoms with van der Waals surface area (Å²) in [6.45, 7) is 1.80. The van der Waals surface area contributed by atoms with Crippen LogP contribution < -0.4 is 4.74 Å². The van der Waals surface area contributed by atoms with Crippen LogP contribution in [0.3, 0.4) is 0 Å². The number of hydrogen-bond donors (Lipinski definition) is 1. The fraction of sp³-hybridized carbons (Fsp3) is 0.176. The van der Waals surface area contributed by atoms with Crippen molar-refractivity contribution in [3.05, 3.63) is 47.2 Å². The van der Waals surface area contributed by atoms with Gasteiger partial charge in [-0.3, -0.25) is 0 Å². The number of imidazole rings is 1. The number of rotatable bonds is 5. The monoisotopic (exact) mass is 348 g/mol. The molecule has 1 heterocycles. The molecule has 0 radical (unpaired) electrons. The zero-order valence-electron chi connectivity index (χ0n) is 12.8. The van der Waals surface area contributed by atoms with E-state index in [9.17, 15) is 9.18 Å². The van der Waals surface area contributed by atoms with Crippen molar-refractivity contribution in [2.24, 2.45) is 0 Å². The Bertz CT molecular complexity index is 895. The number of aromatic nitrogens is 2.